The first-order valence-electron chi connectivity index (χ1n) is 11.5. The number of nitrogens with one attached hydrogen (secondary N) is 1. The Morgan fingerprint density at radius 3 is 2.94 bits per heavy atom. The Bertz CT molecular complexity index is 1200. The van der Waals surface area contributed by atoms with Crippen LogP contribution in [-0.4, -0.2) is 47.6 Å². The molecule has 0 saturated heterocycles. The minimum Gasteiger partial charge on any atom is -0.497 e. The van der Waals surface area contributed by atoms with Crippen LogP contribution < -0.4 is 10.1 Å². The first-order chi connectivity index (χ1) is 16.5. The van der Waals surface area contributed by atoms with E-state index in [9.17, 15) is 15.4 Å². The number of nitrogens with zero attached hydrogens (tertiary/aromatic N) is 4. The van der Waals surface area contributed by atoms with Gasteiger partial charge in [-0.3, -0.25) is 15.1 Å². The fraction of sp³-hybridized carbons (Fsp3) is 0.440. The molecule has 9 heteroatoms. The van der Waals surface area contributed by atoms with Gasteiger partial charge in [-0.2, -0.15) is 5.26 Å². The summed E-state index contributed by atoms with van der Waals surface area (Å²) in [7, 11) is 3.80. The molecule has 1 aromatic carbocycles. The summed E-state index contributed by atoms with van der Waals surface area (Å²) in [6, 6.07) is 12.4. The number of likely N-dealkylation sites (N-methyl/N-ethyl adjacent to an activating group) is 1. The summed E-state index contributed by atoms with van der Waals surface area (Å²) in [5.41, 5.74) is 2.50. The van der Waals surface area contributed by atoms with Gasteiger partial charge in [-0.25, -0.2) is 0 Å². The van der Waals surface area contributed by atoms with E-state index in [1.807, 2.05) is 24.3 Å². The molecular weight excluding hydrogens is 450 g/mol. The number of pyridine rings is 1. The normalized spacial score (nSPS) is 18.2. The van der Waals surface area contributed by atoms with Crippen molar-refractivity contribution < 1.29 is 9.66 Å². The van der Waals surface area contributed by atoms with Gasteiger partial charge < -0.3 is 15.0 Å². The van der Waals surface area contributed by atoms with Crippen molar-refractivity contribution in [2.75, 3.05) is 20.7 Å². The summed E-state index contributed by atoms with van der Waals surface area (Å²) in [5, 5.41) is 25.3. The van der Waals surface area contributed by atoms with Crippen LogP contribution in [0.4, 0.5) is 5.00 Å². The van der Waals surface area contributed by atoms with Gasteiger partial charge in [0.1, 0.15) is 11.8 Å². The SMILES string of the molecule is COc1ccc2ncc(C#N)c(CCN(C)[C@H]3CCCC(NCc4ccc([N+](=O)[O-])s4)C3)c2c1. The number of ether oxygens (including phenoxy) is 1. The standard InChI is InChI=1S/C25H29N5O3S/c1-29(11-10-22-17(14-26)15-28-24-8-6-20(33-2)13-23(22)24)19-5-3-4-18(12-19)27-16-21-7-9-25(34-21)30(31)32/h6-9,13,15,18-19,27H,3-5,10-12,16H2,1-2H3/t18?,19-/m0/s1. The molecule has 1 fully saturated rings. The zero-order valence-corrected chi connectivity index (χ0v) is 20.3. The van der Waals surface area contributed by atoms with Gasteiger partial charge in [0.25, 0.3) is 0 Å². The largest absolute Gasteiger partial charge is 0.497 e. The van der Waals surface area contributed by atoms with Crippen LogP contribution in [0.15, 0.2) is 36.5 Å². The van der Waals surface area contributed by atoms with Gasteiger partial charge in [0.15, 0.2) is 0 Å². The summed E-state index contributed by atoms with van der Waals surface area (Å²) < 4.78 is 5.39. The molecule has 0 radical (unpaired) electrons. The minimum atomic E-state index is -0.334. The first-order valence-corrected chi connectivity index (χ1v) is 12.3. The van der Waals surface area contributed by atoms with Gasteiger partial charge in [-0.15, -0.1) is 0 Å². The van der Waals surface area contributed by atoms with Crippen molar-refractivity contribution in [2.24, 2.45) is 0 Å². The Morgan fingerprint density at radius 2 is 2.21 bits per heavy atom. The van der Waals surface area contributed by atoms with Crippen molar-refractivity contribution in [1.29, 1.82) is 5.26 Å². The Hall–Kier alpha value is -3.06. The van der Waals surface area contributed by atoms with Crippen LogP contribution in [0.2, 0.25) is 0 Å². The van der Waals surface area contributed by atoms with E-state index in [0.717, 1.165) is 65.7 Å². The molecule has 0 aliphatic heterocycles. The lowest BCUT2D eigenvalue weighted by atomic mass is 9.89. The fourth-order valence-electron chi connectivity index (χ4n) is 4.74. The van der Waals surface area contributed by atoms with Crippen LogP contribution in [0.3, 0.4) is 0 Å². The van der Waals surface area contributed by atoms with Gasteiger partial charge >= 0.3 is 5.00 Å². The highest BCUT2D eigenvalue weighted by atomic mass is 32.1. The molecule has 2 aromatic heterocycles. The summed E-state index contributed by atoms with van der Waals surface area (Å²) >= 11 is 1.24. The zero-order chi connectivity index (χ0) is 24.1. The molecule has 2 heterocycles. The third-order valence-corrected chi connectivity index (χ3v) is 7.72. The highest BCUT2D eigenvalue weighted by Gasteiger charge is 2.25. The van der Waals surface area contributed by atoms with Gasteiger partial charge in [0.05, 0.1) is 23.1 Å². The Labute approximate surface area is 203 Å². The van der Waals surface area contributed by atoms with Gasteiger partial charge in [-0.05, 0) is 62.6 Å². The van der Waals surface area contributed by atoms with Crippen molar-refractivity contribution in [3.05, 3.63) is 62.6 Å². The molecule has 1 saturated carbocycles. The quantitative estimate of drug-likeness (QED) is 0.351. The highest BCUT2D eigenvalue weighted by molar-refractivity contribution is 7.15. The van der Waals surface area contributed by atoms with Crippen LogP contribution in [0.1, 0.15) is 41.7 Å². The number of fused-ring (bicyclic) bond motifs is 1. The number of hydrogen-bond donors (Lipinski definition) is 1. The average molecular weight is 480 g/mol. The molecule has 34 heavy (non-hydrogen) atoms. The van der Waals surface area contributed by atoms with Crippen molar-refractivity contribution in [3.63, 3.8) is 0 Å². The van der Waals surface area contributed by atoms with Gasteiger partial charge in [-0.1, -0.05) is 17.8 Å². The molecular formula is C25H29N5O3S. The van der Waals surface area contributed by atoms with E-state index in [1.54, 1.807) is 19.4 Å². The van der Waals surface area contributed by atoms with E-state index in [1.165, 1.54) is 11.3 Å². The maximum atomic E-state index is 10.9. The second-order valence-corrected chi connectivity index (χ2v) is 9.92. The Balaban J connectivity index is 1.38. The van der Waals surface area contributed by atoms with Crippen LogP contribution in [0, 0.1) is 21.4 Å². The van der Waals surface area contributed by atoms with E-state index >= 15 is 0 Å². The molecule has 1 unspecified atom stereocenters. The lowest BCUT2D eigenvalue weighted by Crippen LogP contribution is -2.43. The van der Waals surface area contributed by atoms with Crippen LogP contribution >= 0.6 is 11.3 Å². The fourth-order valence-corrected chi connectivity index (χ4v) is 5.52. The monoisotopic (exact) mass is 479 g/mol. The lowest BCUT2D eigenvalue weighted by molar-refractivity contribution is -0.380. The van der Waals surface area contributed by atoms with Crippen LogP contribution in [0.25, 0.3) is 10.9 Å². The summed E-state index contributed by atoms with van der Waals surface area (Å²) in [4.78, 5) is 18.4. The van der Waals surface area contributed by atoms with E-state index in [4.69, 9.17) is 4.74 Å². The number of benzene rings is 1. The number of rotatable bonds is 9. The summed E-state index contributed by atoms with van der Waals surface area (Å²) in [6.07, 6.45) is 6.88. The lowest BCUT2D eigenvalue weighted by Gasteiger charge is -2.36. The number of aromatic nitrogens is 1. The van der Waals surface area contributed by atoms with Gasteiger partial charge in [0, 0.05) is 47.7 Å². The van der Waals surface area contributed by atoms with E-state index in [-0.39, 0.29) is 9.92 Å². The van der Waals surface area contributed by atoms with E-state index < -0.39 is 0 Å². The molecule has 3 aromatic rings. The topological polar surface area (TPSA) is 104 Å². The summed E-state index contributed by atoms with van der Waals surface area (Å²) in [5.74, 6) is 0.760. The number of hydrogen-bond acceptors (Lipinski definition) is 8. The molecule has 4 rings (SSSR count). The third-order valence-electron chi connectivity index (χ3n) is 6.68. The second-order valence-electron chi connectivity index (χ2n) is 8.77. The maximum Gasteiger partial charge on any atom is 0.324 e. The average Bonchev–Trinajstić information content (AvgIpc) is 3.35. The maximum absolute atomic E-state index is 10.9. The molecule has 2 atom stereocenters. The number of methoxy groups -OCH3 is 1. The highest BCUT2D eigenvalue weighted by Crippen LogP contribution is 2.28. The number of thiophene rings is 1. The van der Waals surface area contributed by atoms with Gasteiger partial charge in [0.2, 0.25) is 0 Å². The predicted octanol–water partition coefficient (Wildman–Crippen LogP) is 4.66. The summed E-state index contributed by atoms with van der Waals surface area (Å²) in [6.45, 7) is 1.51. The molecule has 0 spiro atoms. The molecule has 1 aliphatic rings. The van der Waals surface area contributed by atoms with E-state index in [0.29, 0.717) is 24.2 Å². The second kappa shape index (κ2) is 10.9. The number of nitriles is 1. The predicted molar refractivity (Wildman–Crippen MR) is 133 cm³/mol. The Kier molecular flexibility index (Phi) is 7.73. The minimum absolute atomic E-state index is 0.191. The smallest absolute Gasteiger partial charge is 0.324 e. The van der Waals surface area contributed by atoms with Crippen LogP contribution in [-0.2, 0) is 13.0 Å². The Morgan fingerprint density at radius 1 is 1.35 bits per heavy atom. The number of nitro groups is 1. The zero-order valence-electron chi connectivity index (χ0n) is 19.5. The first kappa shape index (κ1) is 24.1. The van der Waals surface area contributed by atoms with Crippen molar-refractivity contribution in [1.82, 2.24) is 15.2 Å². The van der Waals surface area contributed by atoms with E-state index in [2.05, 4.69) is 28.3 Å². The molecule has 1 N–H and O–H groups in total. The third kappa shape index (κ3) is 5.53. The molecule has 1 aliphatic carbocycles. The van der Waals surface area contributed by atoms with Crippen molar-refractivity contribution in [2.45, 2.75) is 50.7 Å². The molecule has 178 valence electrons. The molecule has 8 nitrogen and oxygen atoms in total. The van der Waals surface area contributed by atoms with Crippen molar-refractivity contribution in [3.8, 4) is 11.8 Å². The van der Waals surface area contributed by atoms with Crippen molar-refractivity contribution >= 4 is 27.2 Å². The molecule has 0 bridgehead atoms. The van der Waals surface area contributed by atoms with Crippen LogP contribution in [0.5, 0.6) is 5.75 Å². The molecule has 0 amide bonds.